The van der Waals surface area contributed by atoms with Crippen molar-refractivity contribution in [3.8, 4) is 0 Å². The zero-order chi connectivity index (χ0) is 15.2. The molecule has 3 N–H and O–H groups in total. The molecule has 0 bridgehead atoms. The van der Waals surface area contributed by atoms with Crippen LogP contribution in [0.5, 0.6) is 0 Å². The van der Waals surface area contributed by atoms with Gasteiger partial charge in [-0.05, 0) is 46.4 Å². The summed E-state index contributed by atoms with van der Waals surface area (Å²) in [5, 5.41) is 15.3. The highest BCUT2D eigenvalue weighted by atomic mass is 127. The topological polar surface area (TPSA) is 61.4 Å². The zero-order valence-corrected chi connectivity index (χ0v) is 13.9. The predicted octanol–water partition coefficient (Wildman–Crippen LogP) is 3.80. The van der Waals surface area contributed by atoms with Crippen molar-refractivity contribution in [1.82, 2.24) is 5.32 Å². The van der Waals surface area contributed by atoms with Gasteiger partial charge in [0.2, 0.25) is 0 Å². The first-order valence-corrected chi connectivity index (χ1v) is 7.74. The molecule has 0 heterocycles. The first kappa shape index (κ1) is 16.1. The Hall–Kier alpha value is -1.31. The van der Waals surface area contributed by atoms with E-state index in [-0.39, 0.29) is 6.61 Å². The van der Waals surface area contributed by atoms with Gasteiger partial charge in [0.05, 0.1) is 23.4 Å². The summed E-state index contributed by atoms with van der Waals surface area (Å²) in [4.78, 5) is 12.0. The molecule has 0 aromatic heterocycles. The third-order valence-electron chi connectivity index (χ3n) is 2.87. The molecule has 0 fully saturated rings. The van der Waals surface area contributed by atoms with Gasteiger partial charge >= 0.3 is 6.03 Å². The Balaban J connectivity index is 2.03. The predicted molar refractivity (Wildman–Crippen MR) is 92.6 cm³/mol. The number of carbonyl (C=O) groups excluding carboxylic acids is 1. The lowest BCUT2D eigenvalue weighted by Crippen LogP contribution is -2.34. The van der Waals surface area contributed by atoms with E-state index in [1.54, 1.807) is 12.1 Å². The number of aliphatic hydroxyl groups excluding tert-OH is 1. The Kier molecular flexibility index (Phi) is 5.84. The number of rotatable bonds is 4. The van der Waals surface area contributed by atoms with Crippen molar-refractivity contribution in [2.24, 2.45) is 0 Å². The van der Waals surface area contributed by atoms with Gasteiger partial charge in [-0.2, -0.15) is 0 Å². The van der Waals surface area contributed by atoms with E-state index in [0.29, 0.717) is 10.7 Å². The van der Waals surface area contributed by atoms with Crippen LogP contribution >= 0.6 is 34.2 Å². The summed E-state index contributed by atoms with van der Waals surface area (Å²) < 4.78 is 0.987. The summed E-state index contributed by atoms with van der Waals surface area (Å²) in [6.07, 6.45) is 0. The largest absolute Gasteiger partial charge is 0.394 e. The van der Waals surface area contributed by atoms with Gasteiger partial charge in [0.1, 0.15) is 0 Å². The van der Waals surface area contributed by atoms with Crippen LogP contribution in [-0.2, 0) is 0 Å². The van der Waals surface area contributed by atoms with Crippen molar-refractivity contribution in [1.29, 1.82) is 0 Å². The van der Waals surface area contributed by atoms with Crippen LogP contribution < -0.4 is 10.6 Å². The molecule has 110 valence electrons. The molecule has 0 saturated heterocycles. The van der Waals surface area contributed by atoms with E-state index in [1.807, 2.05) is 36.4 Å². The third-order valence-corrected chi connectivity index (χ3v) is 3.85. The molecule has 0 saturated carbocycles. The molecule has 6 heteroatoms. The number of halogens is 2. The summed E-state index contributed by atoms with van der Waals surface area (Å²) in [5.41, 5.74) is 1.36. The van der Waals surface area contributed by atoms with Gasteiger partial charge < -0.3 is 15.7 Å². The van der Waals surface area contributed by atoms with Crippen molar-refractivity contribution in [3.05, 3.63) is 62.7 Å². The number of benzene rings is 2. The molecule has 21 heavy (non-hydrogen) atoms. The number of urea groups is 1. The van der Waals surface area contributed by atoms with Crippen LogP contribution in [0, 0.1) is 3.57 Å². The second-order valence-electron chi connectivity index (χ2n) is 4.37. The molecular weight excluding hydrogens is 403 g/mol. The summed E-state index contributed by atoms with van der Waals surface area (Å²) in [6.45, 7) is -0.183. The molecule has 4 nitrogen and oxygen atoms in total. The number of hydrogen-bond donors (Lipinski definition) is 3. The zero-order valence-electron chi connectivity index (χ0n) is 11.0. The van der Waals surface area contributed by atoms with E-state index in [0.717, 1.165) is 9.13 Å². The van der Waals surface area contributed by atoms with Crippen LogP contribution in [0.1, 0.15) is 11.6 Å². The highest BCUT2D eigenvalue weighted by molar-refractivity contribution is 14.1. The van der Waals surface area contributed by atoms with Gasteiger partial charge in [0.15, 0.2) is 0 Å². The second kappa shape index (κ2) is 7.63. The van der Waals surface area contributed by atoms with Gasteiger partial charge in [-0.25, -0.2) is 4.79 Å². The van der Waals surface area contributed by atoms with Gasteiger partial charge in [-0.3, -0.25) is 0 Å². The van der Waals surface area contributed by atoms with E-state index in [1.165, 1.54) is 0 Å². The number of nitrogens with one attached hydrogen (secondary N) is 2. The Labute approximate surface area is 141 Å². The quantitative estimate of drug-likeness (QED) is 0.664. The first-order chi connectivity index (χ1) is 10.1. The van der Waals surface area contributed by atoms with E-state index < -0.39 is 12.1 Å². The highest BCUT2D eigenvalue weighted by Crippen LogP contribution is 2.24. The van der Waals surface area contributed by atoms with Crippen molar-refractivity contribution in [3.63, 3.8) is 0 Å². The average molecular weight is 417 g/mol. The van der Waals surface area contributed by atoms with E-state index >= 15 is 0 Å². The summed E-state index contributed by atoms with van der Waals surface area (Å²) >= 11 is 8.21. The van der Waals surface area contributed by atoms with E-state index in [9.17, 15) is 9.90 Å². The minimum absolute atomic E-state index is 0.183. The Bertz CT molecular complexity index is 622. The SMILES string of the molecule is O=C(Nc1ccc(I)cc1Cl)NC(CO)c1ccccc1. The minimum atomic E-state index is -0.464. The van der Waals surface area contributed by atoms with Crippen molar-refractivity contribution >= 4 is 45.9 Å². The Morgan fingerprint density at radius 3 is 2.57 bits per heavy atom. The lowest BCUT2D eigenvalue weighted by Gasteiger charge is -2.17. The molecular formula is C15H14ClIN2O2. The molecule has 2 rings (SSSR count). The maximum Gasteiger partial charge on any atom is 0.319 e. The van der Waals surface area contributed by atoms with Crippen LogP contribution in [0.3, 0.4) is 0 Å². The lowest BCUT2D eigenvalue weighted by molar-refractivity contribution is 0.225. The standard InChI is InChI=1S/C15H14ClIN2O2/c16-12-8-11(17)6-7-13(12)18-15(21)19-14(9-20)10-4-2-1-3-5-10/h1-8,14,20H,9H2,(H2,18,19,21). The van der Waals surface area contributed by atoms with Crippen molar-refractivity contribution in [2.45, 2.75) is 6.04 Å². The summed E-state index contributed by atoms with van der Waals surface area (Å²) in [6, 6.07) is 13.7. The second-order valence-corrected chi connectivity index (χ2v) is 6.02. The Morgan fingerprint density at radius 1 is 1.24 bits per heavy atom. The van der Waals surface area contributed by atoms with Crippen molar-refractivity contribution in [2.75, 3.05) is 11.9 Å². The number of aliphatic hydroxyl groups is 1. The summed E-state index contributed by atoms with van der Waals surface area (Å²) in [5.74, 6) is 0. The van der Waals surface area contributed by atoms with E-state index in [2.05, 4.69) is 33.2 Å². The fourth-order valence-electron chi connectivity index (χ4n) is 1.83. The number of amides is 2. The van der Waals surface area contributed by atoms with Crippen molar-refractivity contribution < 1.29 is 9.90 Å². The molecule has 0 aliphatic heterocycles. The maximum atomic E-state index is 12.0. The molecule has 0 spiro atoms. The molecule has 1 atom stereocenters. The molecule has 2 amide bonds. The monoisotopic (exact) mass is 416 g/mol. The fourth-order valence-corrected chi connectivity index (χ4v) is 2.73. The van der Waals surface area contributed by atoms with Gasteiger partial charge in [0.25, 0.3) is 0 Å². The van der Waals surface area contributed by atoms with Crippen LogP contribution in [0.4, 0.5) is 10.5 Å². The number of carbonyl (C=O) groups is 1. The fraction of sp³-hybridized carbons (Fsp3) is 0.133. The van der Waals surface area contributed by atoms with Gasteiger partial charge in [-0.15, -0.1) is 0 Å². The minimum Gasteiger partial charge on any atom is -0.394 e. The van der Waals surface area contributed by atoms with Crippen LogP contribution in [-0.4, -0.2) is 17.7 Å². The van der Waals surface area contributed by atoms with Gasteiger partial charge in [-0.1, -0.05) is 41.9 Å². The molecule has 0 aliphatic carbocycles. The van der Waals surface area contributed by atoms with Crippen LogP contribution in [0.2, 0.25) is 5.02 Å². The maximum absolute atomic E-state index is 12.0. The molecule has 0 radical (unpaired) electrons. The average Bonchev–Trinajstić information content (AvgIpc) is 2.48. The highest BCUT2D eigenvalue weighted by Gasteiger charge is 2.14. The van der Waals surface area contributed by atoms with Crippen LogP contribution in [0.15, 0.2) is 48.5 Å². The lowest BCUT2D eigenvalue weighted by atomic mass is 10.1. The molecule has 2 aromatic rings. The molecule has 0 aliphatic rings. The van der Waals surface area contributed by atoms with E-state index in [4.69, 9.17) is 11.6 Å². The molecule has 2 aromatic carbocycles. The normalized spacial score (nSPS) is 11.8. The third kappa shape index (κ3) is 4.59. The first-order valence-electron chi connectivity index (χ1n) is 6.28. The summed E-state index contributed by atoms with van der Waals surface area (Å²) in [7, 11) is 0. The Morgan fingerprint density at radius 2 is 1.95 bits per heavy atom. The smallest absolute Gasteiger partial charge is 0.319 e. The number of hydrogen-bond acceptors (Lipinski definition) is 2. The van der Waals surface area contributed by atoms with Crippen LogP contribution in [0.25, 0.3) is 0 Å². The molecule has 1 unspecified atom stereocenters. The van der Waals surface area contributed by atoms with Gasteiger partial charge in [0, 0.05) is 3.57 Å². The number of anilines is 1.